The van der Waals surface area contributed by atoms with Gasteiger partial charge in [-0.2, -0.15) is 5.10 Å². The molecule has 3 aromatic heterocycles. The van der Waals surface area contributed by atoms with E-state index in [-0.39, 0.29) is 17.0 Å². The van der Waals surface area contributed by atoms with Crippen molar-refractivity contribution in [3.05, 3.63) is 73.4 Å². The first-order valence-electron chi connectivity index (χ1n) is 10.5. The molecule has 162 valence electrons. The highest BCUT2D eigenvalue weighted by atomic mass is 32.1. The summed E-state index contributed by atoms with van der Waals surface area (Å²) < 4.78 is 1.78. The van der Waals surface area contributed by atoms with Crippen molar-refractivity contribution in [2.45, 2.75) is 39.2 Å². The SMILES string of the molecule is Cc1c(C(=O)Nc2cccc(-c3ccc(=O)[nH]n3)c2)sc2nc3n(c(=O)c12)CCCCC3. The van der Waals surface area contributed by atoms with Crippen LogP contribution in [0.15, 0.2) is 46.0 Å². The summed E-state index contributed by atoms with van der Waals surface area (Å²) in [5.74, 6) is 0.533. The second-order valence-corrected chi connectivity index (χ2v) is 8.87. The number of anilines is 1. The fourth-order valence-electron chi connectivity index (χ4n) is 4.08. The lowest BCUT2D eigenvalue weighted by molar-refractivity contribution is 0.103. The van der Waals surface area contributed by atoms with E-state index in [1.807, 2.05) is 6.07 Å². The zero-order chi connectivity index (χ0) is 22.2. The van der Waals surface area contributed by atoms with Crippen LogP contribution in [0.5, 0.6) is 0 Å². The largest absolute Gasteiger partial charge is 0.321 e. The second kappa shape index (κ2) is 8.16. The van der Waals surface area contributed by atoms with Crippen LogP contribution in [0, 0.1) is 6.92 Å². The maximum Gasteiger partial charge on any atom is 0.266 e. The fraction of sp³-hybridized carbons (Fsp3) is 0.261. The molecule has 1 amide bonds. The number of aryl methyl sites for hydroxylation is 2. The standard InChI is InChI=1S/C23H21N5O3S/c1-13-19-22(25-17-8-3-2-4-11-28(17)23(19)31)32-20(13)21(30)24-15-7-5-6-14(12-15)16-9-10-18(29)27-26-16/h5-7,9-10,12H,2-4,8,11H2,1H3,(H,24,30)(H,27,29). The molecule has 1 aliphatic heterocycles. The minimum absolute atomic E-state index is 0.0501. The van der Waals surface area contributed by atoms with Gasteiger partial charge >= 0.3 is 0 Å². The lowest BCUT2D eigenvalue weighted by Crippen LogP contribution is -2.24. The van der Waals surface area contributed by atoms with Crippen molar-refractivity contribution >= 4 is 33.1 Å². The lowest BCUT2D eigenvalue weighted by atomic mass is 10.1. The van der Waals surface area contributed by atoms with Crippen molar-refractivity contribution in [1.82, 2.24) is 19.7 Å². The molecule has 0 saturated heterocycles. The van der Waals surface area contributed by atoms with Gasteiger partial charge in [0.2, 0.25) is 0 Å². The van der Waals surface area contributed by atoms with Gasteiger partial charge in [0.25, 0.3) is 17.0 Å². The highest BCUT2D eigenvalue weighted by Gasteiger charge is 2.22. The second-order valence-electron chi connectivity index (χ2n) is 7.87. The molecule has 9 heteroatoms. The summed E-state index contributed by atoms with van der Waals surface area (Å²) in [5, 5.41) is 9.89. The monoisotopic (exact) mass is 447 g/mol. The van der Waals surface area contributed by atoms with E-state index in [0.29, 0.717) is 38.6 Å². The van der Waals surface area contributed by atoms with Crippen LogP contribution in [-0.2, 0) is 13.0 Å². The molecule has 0 atom stereocenters. The Morgan fingerprint density at radius 2 is 2.03 bits per heavy atom. The van der Waals surface area contributed by atoms with E-state index in [4.69, 9.17) is 4.98 Å². The van der Waals surface area contributed by atoms with E-state index < -0.39 is 0 Å². The van der Waals surface area contributed by atoms with Crippen LogP contribution >= 0.6 is 11.3 Å². The molecule has 0 bridgehead atoms. The number of hydrogen-bond acceptors (Lipinski definition) is 6. The number of amides is 1. The van der Waals surface area contributed by atoms with Gasteiger partial charge in [-0.25, -0.2) is 10.1 Å². The van der Waals surface area contributed by atoms with Crippen LogP contribution in [0.3, 0.4) is 0 Å². The molecule has 0 radical (unpaired) electrons. The van der Waals surface area contributed by atoms with Gasteiger partial charge in [0.15, 0.2) is 0 Å². The summed E-state index contributed by atoms with van der Waals surface area (Å²) in [7, 11) is 0. The predicted octanol–water partition coefficient (Wildman–Crippen LogP) is 3.50. The van der Waals surface area contributed by atoms with Gasteiger partial charge in [-0.3, -0.25) is 19.0 Å². The minimum Gasteiger partial charge on any atom is -0.321 e. The Morgan fingerprint density at radius 1 is 1.16 bits per heavy atom. The first kappa shape index (κ1) is 20.3. The van der Waals surface area contributed by atoms with Gasteiger partial charge in [0.05, 0.1) is 16.0 Å². The molecular formula is C23H21N5O3S. The zero-order valence-corrected chi connectivity index (χ0v) is 18.3. The van der Waals surface area contributed by atoms with Crippen molar-refractivity contribution in [3.8, 4) is 11.3 Å². The highest BCUT2D eigenvalue weighted by Crippen LogP contribution is 2.29. The number of nitrogens with one attached hydrogen (secondary N) is 2. The van der Waals surface area contributed by atoms with Crippen LogP contribution in [0.2, 0.25) is 0 Å². The predicted molar refractivity (Wildman–Crippen MR) is 124 cm³/mol. The Kier molecular flexibility index (Phi) is 5.18. The van der Waals surface area contributed by atoms with E-state index in [1.165, 1.54) is 17.4 Å². The van der Waals surface area contributed by atoms with Crippen LogP contribution < -0.4 is 16.4 Å². The van der Waals surface area contributed by atoms with Crippen molar-refractivity contribution in [2.75, 3.05) is 5.32 Å². The van der Waals surface area contributed by atoms with E-state index in [0.717, 1.165) is 37.1 Å². The number of fused-ring (bicyclic) bond motifs is 2. The van der Waals surface area contributed by atoms with Crippen LogP contribution in [0.4, 0.5) is 5.69 Å². The quantitative estimate of drug-likeness (QED) is 0.500. The third kappa shape index (κ3) is 3.64. The van der Waals surface area contributed by atoms with Gasteiger partial charge < -0.3 is 5.32 Å². The molecule has 0 saturated carbocycles. The summed E-state index contributed by atoms with van der Waals surface area (Å²) >= 11 is 1.26. The summed E-state index contributed by atoms with van der Waals surface area (Å²) in [4.78, 5) is 43.3. The van der Waals surface area contributed by atoms with Gasteiger partial charge in [-0.05, 0) is 43.5 Å². The summed E-state index contributed by atoms with van der Waals surface area (Å²) in [6.45, 7) is 2.49. The summed E-state index contributed by atoms with van der Waals surface area (Å²) in [6.07, 6.45) is 3.87. The van der Waals surface area contributed by atoms with Crippen molar-refractivity contribution in [2.24, 2.45) is 0 Å². The normalized spacial score (nSPS) is 13.5. The molecule has 1 aromatic carbocycles. The molecule has 8 nitrogen and oxygen atoms in total. The molecule has 0 unspecified atom stereocenters. The Morgan fingerprint density at radius 3 is 2.84 bits per heavy atom. The summed E-state index contributed by atoms with van der Waals surface area (Å²) in [6, 6.07) is 10.3. The van der Waals surface area contributed by atoms with Gasteiger partial charge in [0, 0.05) is 30.3 Å². The number of H-pyrrole nitrogens is 1. The average molecular weight is 448 g/mol. The van der Waals surface area contributed by atoms with Gasteiger partial charge in [-0.1, -0.05) is 18.6 Å². The molecule has 4 aromatic rings. The van der Waals surface area contributed by atoms with E-state index in [2.05, 4.69) is 15.5 Å². The van der Waals surface area contributed by atoms with Crippen LogP contribution in [0.1, 0.15) is 40.3 Å². The summed E-state index contributed by atoms with van der Waals surface area (Å²) in [5.41, 5.74) is 2.29. The number of rotatable bonds is 3. The molecule has 0 fully saturated rings. The zero-order valence-electron chi connectivity index (χ0n) is 17.5. The topological polar surface area (TPSA) is 110 Å². The lowest BCUT2D eigenvalue weighted by Gasteiger charge is -2.08. The smallest absolute Gasteiger partial charge is 0.266 e. The molecular weight excluding hydrogens is 426 g/mol. The molecule has 0 aliphatic carbocycles. The Balaban J connectivity index is 1.48. The number of carbonyl (C=O) groups is 1. The molecule has 32 heavy (non-hydrogen) atoms. The molecule has 4 heterocycles. The van der Waals surface area contributed by atoms with E-state index in [9.17, 15) is 14.4 Å². The highest BCUT2D eigenvalue weighted by molar-refractivity contribution is 7.20. The first-order valence-corrected chi connectivity index (χ1v) is 11.3. The Labute approximate surface area is 187 Å². The number of aromatic nitrogens is 4. The van der Waals surface area contributed by atoms with E-state index >= 15 is 0 Å². The van der Waals surface area contributed by atoms with Crippen molar-refractivity contribution in [1.29, 1.82) is 0 Å². The maximum atomic E-state index is 13.1. The van der Waals surface area contributed by atoms with Crippen molar-refractivity contribution < 1.29 is 4.79 Å². The number of aromatic amines is 1. The molecule has 2 N–H and O–H groups in total. The molecule has 5 rings (SSSR count). The Hall–Kier alpha value is -3.59. The third-order valence-electron chi connectivity index (χ3n) is 5.71. The van der Waals surface area contributed by atoms with Gasteiger partial charge in [0.1, 0.15) is 10.7 Å². The molecule has 0 spiro atoms. The fourth-order valence-corrected chi connectivity index (χ4v) is 5.16. The number of thiophene rings is 1. The first-order chi connectivity index (χ1) is 15.5. The number of nitrogens with zero attached hydrogens (tertiary/aromatic N) is 3. The number of benzene rings is 1. The van der Waals surface area contributed by atoms with E-state index in [1.54, 1.807) is 35.8 Å². The van der Waals surface area contributed by atoms with Crippen LogP contribution in [0.25, 0.3) is 21.5 Å². The van der Waals surface area contributed by atoms with Crippen molar-refractivity contribution in [3.63, 3.8) is 0 Å². The number of hydrogen-bond donors (Lipinski definition) is 2. The number of carbonyl (C=O) groups excluding carboxylic acids is 1. The van der Waals surface area contributed by atoms with Crippen LogP contribution in [-0.4, -0.2) is 25.7 Å². The third-order valence-corrected chi connectivity index (χ3v) is 6.90. The Bertz CT molecular complexity index is 1450. The molecule has 1 aliphatic rings. The maximum absolute atomic E-state index is 13.1. The minimum atomic E-state index is -0.281. The van der Waals surface area contributed by atoms with Gasteiger partial charge in [-0.15, -0.1) is 11.3 Å². The average Bonchev–Trinajstić information content (AvgIpc) is 2.95.